The van der Waals surface area contributed by atoms with Crippen LogP contribution in [0.2, 0.25) is 0 Å². The van der Waals surface area contributed by atoms with Crippen LogP contribution in [0.1, 0.15) is 18.9 Å². The summed E-state index contributed by atoms with van der Waals surface area (Å²) < 4.78 is 39.7. The zero-order valence-electron chi connectivity index (χ0n) is 11.2. The summed E-state index contributed by atoms with van der Waals surface area (Å²) in [6, 6.07) is 3.84. The predicted molar refractivity (Wildman–Crippen MR) is 71.7 cm³/mol. The Bertz CT molecular complexity index is 588. The molecule has 2 N–H and O–H groups in total. The Kier molecular flexibility index (Phi) is 3.68. The first-order valence-electron chi connectivity index (χ1n) is 6.25. The van der Waals surface area contributed by atoms with Crippen LogP contribution in [0.25, 0.3) is 0 Å². The smallest absolute Gasteiger partial charge is 0.243 e. The number of hydrogen-bond acceptors (Lipinski definition) is 3. The van der Waals surface area contributed by atoms with E-state index in [9.17, 15) is 12.8 Å². The van der Waals surface area contributed by atoms with Gasteiger partial charge in [-0.2, -0.15) is 4.31 Å². The average molecular weight is 286 g/mol. The normalized spacial score (nSPS) is 24.8. The van der Waals surface area contributed by atoms with Gasteiger partial charge in [-0.15, -0.1) is 0 Å². The summed E-state index contributed by atoms with van der Waals surface area (Å²) in [6.45, 7) is 4.92. The van der Waals surface area contributed by atoms with E-state index in [0.717, 1.165) is 12.5 Å². The average Bonchev–Trinajstić information content (AvgIpc) is 2.76. The largest absolute Gasteiger partial charge is 0.330 e. The lowest BCUT2D eigenvalue weighted by molar-refractivity contribution is 0.349. The molecule has 0 radical (unpaired) electrons. The maximum Gasteiger partial charge on any atom is 0.243 e. The van der Waals surface area contributed by atoms with Crippen molar-refractivity contribution in [2.24, 2.45) is 11.1 Å². The third kappa shape index (κ3) is 2.66. The molecular formula is C13H19FN2O2S. The van der Waals surface area contributed by atoms with E-state index in [1.54, 1.807) is 6.92 Å². The summed E-state index contributed by atoms with van der Waals surface area (Å²) >= 11 is 0. The highest BCUT2D eigenvalue weighted by atomic mass is 32.2. The number of nitrogens with two attached hydrogens (primary N) is 1. The first-order chi connectivity index (χ1) is 8.78. The zero-order valence-corrected chi connectivity index (χ0v) is 12.0. The molecule has 4 nitrogen and oxygen atoms in total. The molecule has 1 aliphatic rings. The summed E-state index contributed by atoms with van der Waals surface area (Å²) in [5.41, 5.74) is 6.06. The number of sulfonamides is 1. The van der Waals surface area contributed by atoms with Crippen LogP contribution >= 0.6 is 0 Å². The van der Waals surface area contributed by atoms with Gasteiger partial charge in [-0.1, -0.05) is 13.0 Å². The fourth-order valence-electron chi connectivity index (χ4n) is 2.34. The molecule has 1 fully saturated rings. The van der Waals surface area contributed by atoms with Crippen molar-refractivity contribution in [2.45, 2.75) is 25.2 Å². The highest BCUT2D eigenvalue weighted by Gasteiger charge is 2.39. The van der Waals surface area contributed by atoms with Crippen molar-refractivity contribution in [3.63, 3.8) is 0 Å². The van der Waals surface area contributed by atoms with Gasteiger partial charge in [0.05, 0.1) is 4.90 Å². The third-order valence-corrected chi connectivity index (χ3v) is 5.77. The van der Waals surface area contributed by atoms with Crippen molar-refractivity contribution in [3.05, 3.63) is 29.6 Å². The van der Waals surface area contributed by atoms with Gasteiger partial charge in [0.25, 0.3) is 0 Å². The minimum atomic E-state index is -3.64. The van der Waals surface area contributed by atoms with Gasteiger partial charge in [0, 0.05) is 13.1 Å². The molecule has 1 atom stereocenters. The lowest BCUT2D eigenvalue weighted by atomic mass is 9.90. The van der Waals surface area contributed by atoms with Gasteiger partial charge in [0.15, 0.2) is 0 Å². The number of halogens is 1. The van der Waals surface area contributed by atoms with E-state index in [1.807, 2.05) is 6.92 Å². The molecule has 1 heterocycles. The molecule has 1 aromatic carbocycles. The zero-order chi connectivity index (χ0) is 14.3. The summed E-state index contributed by atoms with van der Waals surface area (Å²) in [5.74, 6) is -0.537. The summed E-state index contributed by atoms with van der Waals surface area (Å²) in [6.07, 6.45) is 0.733. The van der Waals surface area contributed by atoms with E-state index in [2.05, 4.69) is 0 Å². The van der Waals surface area contributed by atoms with E-state index in [4.69, 9.17) is 5.73 Å². The molecule has 0 spiro atoms. The fraction of sp³-hybridized carbons (Fsp3) is 0.538. The Balaban J connectivity index is 2.36. The number of aryl methyl sites for hydroxylation is 1. The quantitative estimate of drug-likeness (QED) is 0.915. The standard InChI is InChI=1S/C13H19FN2O2S/c1-10-3-4-11(14)7-12(10)19(17,18)16-6-5-13(2,8-15)9-16/h3-4,7H,5-6,8-9,15H2,1-2H3. The van der Waals surface area contributed by atoms with Crippen molar-refractivity contribution in [1.29, 1.82) is 0 Å². The fourth-order valence-corrected chi connectivity index (χ4v) is 4.17. The van der Waals surface area contributed by atoms with Gasteiger partial charge in [0.1, 0.15) is 5.82 Å². The molecule has 1 unspecified atom stereocenters. The van der Waals surface area contributed by atoms with Crippen molar-refractivity contribution in [1.82, 2.24) is 4.31 Å². The molecule has 1 aliphatic heterocycles. The van der Waals surface area contributed by atoms with Crippen LogP contribution in [0.5, 0.6) is 0 Å². The highest BCUT2D eigenvalue weighted by molar-refractivity contribution is 7.89. The van der Waals surface area contributed by atoms with Crippen LogP contribution in [0.4, 0.5) is 4.39 Å². The van der Waals surface area contributed by atoms with Crippen molar-refractivity contribution >= 4 is 10.0 Å². The van der Waals surface area contributed by atoms with Gasteiger partial charge >= 0.3 is 0 Å². The van der Waals surface area contributed by atoms with Gasteiger partial charge in [0.2, 0.25) is 10.0 Å². The van der Waals surface area contributed by atoms with Crippen LogP contribution in [0.3, 0.4) is 0 Å². The minimum absolute atomic E-state index is 0.0498. The summed E-state index contributed by atoms with van der Waals surface area (Å²) in [5, 5.41) is 0. The van der Waals surface area contributed by atoms with E-state index >= 15 is 0 Å². The lowest BCUT2D eigenvalue weighted by Gasteiger charge is -2.23. The third-order valence-electron chi connectivity index (χ3n) is 3.78. The Morgan fingerprint density at radius 2 is 2.16 bits per heavy atom. The molecule has 19 heavy (non-hydrogen) atoms. The molecule has 106 valence electrons. The molecule has 0 saturated carbocycles. The van der Waals surface area contributed by atoms with E-state index < -0.39 is 15.8 Å². The van der Waals surface area contributed by atoms with Crippen molar-refractivity contribution < 1.29 is 12.8 Å². The maximum absolute atomic E-state index is 13.3. The minimum Gasteiger partial charge on any atom is -0.330 e. The number of rotatable bonds is 3. The number of nitrogens with zero attached hydrogens (tertiary/aromatic N) is 1. The van der Waals surface area contributed by atoms with Gasteiger partial charge in [-0.25, -0.2) is 12.8 Å². The molecule has 1 saturated heterocycles. The van der Waals surface area contributed by atoms with Crippen LogP contribution < -0.4 is 5.73 Å². The number of hydrogen-bond donors (Lipinski definition) is 1. The Morgan fingerprint density at radius 3 is 2.74 bits per heavy atom. The number of benzene rings is 1. The first kappa shape index (κ1) is 14.4. The van der Waals surface area contributed by atoms with E-state index in [0.29, 0.717) is 25.2 Å². The molecule has 2 rings (SSSR count). The summed E-state index contributed by atoms with van der Waals surface area (Å²) in [4.78, 5) is 0.0498. The molecular weight excluding hydrogens is 267 g/mol. The second kappa shape index (κ2) is 4.85. The second-order valence-corrected chi connectivity index (χ2v) is 7.42. The van der Waals surface area contributed by atoms with Crippen LogP contribution in [0, 0.1) is 18.2 Å². The Hall–Kier alpha value is -0.980. The molecule has 0 aromatic heterocycles. The topological polar surface area (TPSA) is 63.4 Å². The van der Waals surface area contributed by atoms with Crippen LogP contribution in [-0.2, 0) is 10.0 Å². The van der Waals surface area contributed by atoms with Gasteiger partial charge < -0.3 is 5.73 Å². The van der Waals surface area contributed by atoms with E-state index in [-0.39, 0.29) is 10.3 Å². The molecule has 0 amide bonds. The predicted octanol–water partition coefficient (Wildman–Crippen LogP) is 1.49. The lowest BCUT2D eigenvalue weighted by Crippen LogP contribution is -2.34. The van der Waals surface area contributed by atoms with Gasteiger partial charge in [-0.05, 0) is 43.0 Å². The van der Waals surface area contributed by atoms with Crippen molar-refractivity contribution in [3.8, 4) is 0 Å². The van der Waals surface area contributed by atoms with Crippen molar-refractivity contribution in [2.75, 3.05) is 19.6 Å². The van der Waals surface area contributed by atoms with Crippen LogP contribution in [-0.4, -0.2) is 32.4 Å². The molecule has 0 aliphatic carbocycles. The van der Waals surface area contributed by atoms with Gasteiger partial charge in [-0.3, -0.25) is 0 Å². The maximum atomic E-state index is 13.3. The Labute approximate surface area is 113 Å². The SMILES string of the molecule is Cc1ccc(F)cc1S(=O)(=O)N1CCC(C)(CN)C1. The van der Waals surface area contributed by atoms with E-state index in [1.165, 1.54) is 16.4 Å². The summed E-state index contributed by atoms with van der Waals surface area (Å²) in [7, 11) is -3.64. The molecule has 0 bridgehead atoms. The Morgan fingerprint density at radius 1 is 1.47 bits per heavy atom. The van der Waals surface area contributed by atoms with Crippen LogP contribution in [0.15, 0.2) is 23.1 Å². The highest BCUT2D eigenvalue weighted by Crippen LogP contribution is 2.33. The second-order valence-electron chi connectivity index (χ2n) is 5.51. The first-order valence-corrected chi connectivity index (χ1v) is 7.69. The molecule has 1 aromatic rings. The monoisotopic (exact) mass is 286 g/mol. The molecule has 6 heteroatoms.